The summed E-state index contributed by atoms with van der Waals surface area (Å²) in [6, 6.07) is 15.4. The van der Waals surface area contributed by atoms with E-state index in [9.17, 15) is 29.6 Å². The van der Waals surface area contributed by atoms with Crippen LogP contribution in [0.1, 0.15) is 119 Å². The number of nitrogens with zero attached hydrogens (tertiary/aromatic N) is 7. The zero-order valence-corrected chi connectivity index (χ0v) is 44.7. The fourth-order valence-corrected chi connectivity index (χ4v) is 8.97. The fourth-order valence-electron chi connectivity index (χ4n) is 8.80. The average molecular weight is 1060 g/mol. The van der Waals surface area contributed by atoms with Crippen LogP contribution >= 0.6 is 24.4 Å². The first-order valence-corrected chi connectivity index (χ1v) is 25.9. The number of ketones is 1. The molecule has 4 aromatic rings. The van der Waals surface area contributed by atoms with Crippen molar-refractivity contribution in [1.82, 2.24) is 25.1 Å². The van der Waals surface area contributed by atoms with Gasteiger partial charge < -0.3 is 29.2 Å². The van der Waals surface area contributed by atoms with Crippen LogP contribution in [0.2, 0.25) is 0 Å². The fraction of sp³-hybridized carbons (Fsp3) is 0.491. The molecule has 398 valence electrons. The van der Waals surface area contributed by atoms with Gasteiger partial charge in [0.25, 0.3) is 23.7 Å². The zero-order valence-electron chi connectivity index (χ0n) is 43.0. The highest BCUT2D eigenvalue weighted by atomic mass is 35.5. The third-order valence-electron chi connectivity index (χ3n) is 13.0. The van der Waals surface area contributed by atoms with Crippen LogP contribution in [0.5, 0.6) is 11.5 Å². The van der Waals surface area contributed by atoms with Gasteiger partial charge in [0, 0.05) is 69.8 Å². The van der Waals surface area contributed by atoms with E-state index in [1.165, 1.54) is 19.3 Å². The topological polar surface area (TPSA) is 209 Å². The first-order chi connectivity index (χ1) is 35.4. The van der Waals surface area contributed by atoms with E-state index < -0.39 is 39.2 Å². The molecule has 1 saturated heterocycles. The summed E-state index contributed by atoms with van der Waals surface area (Å²) in [5, 5.41) is 23.1. The smallest absolute Gasteiger partial charge is 0.273 e. The summed E-state index contributed by atoms with van der Waals surface area (Å²) in [7, 11) is 1.38. The predicted molar refractivity (Wildman–Crippen MR) is 280 cm³/mol. The first kappa shape index (κ1) is 57.4. The van der Waals surface area contributed by atoms with Crippen LogP contribution in [0.15, 0.2) is 54.7 Å². The van der Waals surface area contributed by atoms with Crippen LogP contribution in [0.25, 0.3) is 0 Å². The van der Waals surface area contributed by atoms with Gasteiger partial charge in [0.2, 0.25) is 0 Å². The van der Waals surface area contributed by atoms with Gasteiger partial charge in [-0.1, -0.05) is 46.2 Å². The Morgan fingerprint density at radius 2 is 1.69 bits per heavy atom. The number of carbonyl (C=O) groups excluding carboxylic acids is 4. The maximum absolute atomic E-state index is 15.4. The quantitative estimate of drug-likeness (QED) is 0.0110. The Morgan fingerprint density at radius 1 is 0.973 bits per heavy atom. The summed E-state index contributed by atoms with van der Waals surface area (Å²) in [4.78, 5) is 66.1. The second-order valence-electron chi connectivity index (χ2n) is 18.9. The van der Waals surface area contributed by atoms with Crippen LogP contribution in [0.3, 0.4) is 0 Å². The molecule has 1 aromatic heterocycles. The summed E-state index contributed by atoms with van der Waals surface area (Å²) in [6.07, 6.45) is 4.05. The molecule has 2 atom stereocenters. The van der Waals surface area contributed by atoms with Crippen molar-refractivity contribution in [3.8, 4) is 17.6 Å². The van der Waals surface area contributed by atoms with E-state index >= 15 is 4.39 Å². The van der Waals surface area contributed by atoms with Gasteiger partial charge in [-0.05, 0) is 77.0 Å². The van der Waals surface area contributed by atoms with Crippen LogP contribution < -0.4 is 25.1 Å². The number of rotatable bonds is 28. The van der Waals surface area contributed by atoms with Gasteiger partial charge in [-0.15, -0.1) is 11.6 Å². The van der Waals surface area contributed by atoms with Crippen molar-refractivity contribution in [1.29, 1.82) is 5.26 Å². The largest absolute Gasteiger partial charge is 0.491 e. The number of carbonyl (C=O) groups is 4. The monoisotopic (exact) mass is 1060 g/mol. The summed E-state index contributed by atoms with van der Waals surface area (Å²) >= 11 is 9.95. The van der Waals surface area contributed by atoms with E-state index in [-0.39, 0.29) is 72.8 Å². The third kappa shape index (κ3) is 14.9. The average Bonchev–Trinajstić information content (AvgIpc) is 3.62. The van der Waals surface area contributed by atoms with E-state index in [2.05, 4.69) is 57.5 Å². The molecule has 3 amide bonds. The van der Waals surface area contributed by atoms with Gasteiger partial charge in [-0.2, -0.15) is 15.9 Å². The molecule has 0 spiro atoms. The molecular formula is C53H68ClFN9O9S+. The normalized spacial score (nSPS) is 15.1. The van der Waals surface area contributed by atoms with Crippen LogP contribution in [-0.4, -0.2) is 144 Å². The van der Waals surface area contributed by atoms with Gasteiger partial charge >= 0.3 is 0 Å². The molecule has 0 radical (unpaired) electrons. The number of halogens is 2. The summed E-state index contributed by atoms with van der Waals surface area (Å²) in [6.45, 7) is 14.3. The van der Waals surface area contributed by atoms with Crippen molar-refractivity contribution in [3.05, 3.63) is 105 Å². The Bertz CT molecular complexity index is 2680. The van der Waals surface area contributed by atoms with Gasteiger partial charge in [-0.3, -0.25) is 29.0 Å². The Kier molecular flexibility index (Phi) is 20.6. The molecule has 74 heavy (non-hydrogen) atoms. The molecule has 2 unspecified atom stereocenters. The van der Waals surface area contributed by atoms with Crippen molar-refractivity contribution < 1.29 is 51.9 Å². The zero-order chi connectivity index (χ0) is 53.6. The molecular weight excluding hydrogens is 993 g/mol. The van der Waals surface area contributed by atoms with E-state index in [0.717, 1.165) is 34.1 Å². The molecule has 18 nitrogen and oxygen atoms in total. The predicted octanol–water partition coefficient (Wildman–Crippen LogP) is 7.30. The maximum atomic E-state index is 15.4. The Labute approximate surface area is 443 Å². The number of amides is 3. The number of benzene rings is 3. The lowest BCUT2D eigenvalue weighted by molar-refractivity contribution is -0.955. The number of anilines is 2. The number of Topliss-reactive ketones (excluding diaryl/α,β-unsaturated/α-hetero) is 1. The lowest BCUT2D eigenvalue weighted by Crippen LogP contribution is -2.47. The van der Waals surface area contributed by atoms with E-state index in [1.54, 1.807) is 32.0 Å². The minimum Gasteiger partial charge on any atom is -0.491 e. The van der Waals surface area contributed by atoms with Crippen molar-refractivity contribution in [3.63, 3.8) is 0 Å². The number of fused-ring (bicyclic) bond motifs is 1. The molecule has 0 bridgehead atoms. The lowest BCUT2D eigenvalue weighted by atomic mass is 9.76. The van der Waals surface area contributed by atoms with Crippen molar-refractivity contribution in [2.45, 2.75) is 84.8 Å². The van der Waals surface area contributed by atoms with E-state index in [1.807, 2.05) is 30.9 Å². The Hall–Kier alpha value is -5.92. The number of nitrogens with one attached hydrogen (secondary N) is 2. The number of ether oxygens (including phenoxy) is 4. The molecule has 3 N–H and O–H groups in total. The standard InChI is InChI=1S/C53H67ClFN9O9S/c1-7-9-36-28-39(29-37(33-56)48(36)72-23-15-54)53(4,5)38-11-13-47(73-34-40-14-16-58-52(59-40)60-64(6,69)74)44(30-38)49(66)57-17-24-70-26-27-71-25-22-61-18-20-62(21-19-61)46-32-43-42(31-45(46)55)50(67)63(51(43)68)35(3)10-12-41(65)8-2/h11,13-14,16,28-32,35,69,74H,7-10,12,15,17-27,34H2,1-6H3,(H-,57,58,59,60,66)/p+1. The molecule has 1 fully saturated rings. The van der Waals surface area contributed by atoms with Crippen LogP contribution in [-0.2, 0) is 32.7 Å². The van der Waals surface area contributed by atoms with Crippen LogP contribution in [0, 0.1) is 17.1 Å². The maximum Gasteiger partial charge on any atom is 0.273 e. The van der Waals surface area contributed by atoms with Crippen LogP contribution in [0.4, 0.5) is 16.0 Å². The molecule has 3 heterocycles. The minimum atomic E-state index is -0.895. The number of hydrogen-bond donors (Lipinski definition) is 4. The van der Waals surface area contributed by atoms with Gasteiger partial charge in [0.15, 0.2) is 0 Å². The van der Waals surface area contributed by atoms with Gasteiger partial charge in [-0.25, -0.2) is 14.4 Å². The number of quaternary nitrogens is 1. The lowest BCUT2D eigenvalue weighted by Gasteiger charge is -2.36. The first-order valence-electron chi connectivity index (χ1n) is 25.0. The van der Waals surface area contributed by atoms with E-state index in [0.29, 0.717) is 94.6 Å². The summed E-state index contributed by atoms with van der Waals surface area (Å²) < 4.78 is 38.4. The molecule has 2 aliphatic heterocycles. The number of hydroxylamine groups is 1. The number of thiol groups is 1. The third-order valence-corrected chi connectivity index (χ3v) is 13.3. The minimum absolute atomic E-state index is 0.0239. The molecule has 0 aliphatic carbocycles. The van der Waals surface area contributed by atoms with Gasteiger partial charge in [0.05, 0.1) is 65.9 Å². The van der Waals surface area contributed by atoms with E-state index in [4.69, 9.17) is 30.5 Å². The number of hydrogen-bond acceptors (Lipinski definition) is 16. The van der Waals surface area contributed by atoms with Crippen molar-refractivity contribution in [2.24, 2.45) is 0 Å². The Balaban J connectivity index is 1.000. The summed E-state index contributed by atoms with van der Waals surface area (Å²) in [5.41, 5.74) is 6.21. The SMILES string of the molecule is CCCc1cc(C(C)(C)c2ccc(OCc3ccnc(N[N+](C)(O)S)n3)c(C(=O)NCCOCCOCCN3CCN(c4cc5c(cc4F)C(=O)N(C(C)CCC(=O)CC)C5=O)CC3)c2)cc(C#N)c1OCCCl. The number of nitriles is 1. The summed E-state index contributed by atoms with van der Waals surface area (Å²) in [5.74, 6) is -0.656. The molecule has 0 saturated carbocycles. The molecule has 6 rings (SSSR count). The van der Waals surface area contributed by atoms with Gasteiger partial charge in [0.1, 0.15) is 62.2 Å². The number of aryl methyl sites for hydroxylation is 1. The highest BCUT2D eigenvalue weighted by molar-refractivity contribution is 7.74. The van der Waals surface area contributed by atoms with Crippen molar-refractivity contribution >= 4 is 59.6 Å². The second-order valence-corrected chi connectivity index (χ2v) is 20.0. The number of imide groups is 1. The number of piperazine rings is 1. The highest BCUT2D eigenvalue weighted by Crippen LogP contribution is 2.39. The Morgan fingerprint density at radius 3 is 2.36 bits per heavy atom. The highest BCUT2D eigenvalue weighted by Gasteiger charge is 2.40. The molecule has 2 aliphatic rings. The number of aromatic nitrogens is 2. The molecule has 3 aromatic carbocycles. The molecule has 21 heteroatoms. The van der Waals surface area contributed by atoms with Crippen molar-refractivity contribution in [2.75, 3.05) is 95.6 Å². The second kappa shape index (κ2) is 26.5. The number of alkyl halides is 1.